The second-order valence-electron chi connectivity index (χ2n) is 7.82. The molecule has 0 aromatic heterocycles. The normalized spacial score (nSPS) is 25.3. The number of fused-ring (bicyclic) bond motifs is 1. The Labute approximate surface area is 162 Å². The van der Waals surface area contributed by atoms with Gasteiger partial charge < -0.3 is 4.90 Å². The summed E-state index contributed by atoms with van der Waals surface area (Å²) in [5.41, 5.74) is 0.617. The van der Waals surface area contributed by atoms with Gasteiger partial charge in [0.05, 0.1) is 11.8 Å². The average molecular weight is 391 g/mol. The van der Waals surface area contributed by atoms with Crippen molar-refractivity contribution in [3.05, 3.63) is 35.4 Å². The molecule has 0 spiro atoms. The molecule has 0 unspecified atom stereocenters. The lowest BCUT2D eigenvalue weighted by molar-refractivity contribution is -0.140. The minimum absolute atomic E-state index is 0.142. The van der Waals surface area contributed by atoms with Crippen LogP contribution in [0.25, 0.3) is 0 Å². The van der Waals surface area contributed by atoms with Crippen molar-refractivity contribution in [2.75, 3.05) is 32.7 Å². The van der Waals surface area contributed by atoms with Gasteiger partial charge in [0.15, 0.2) is 11.6 Å². The van der Waals surface area contributed by atoms with Gasteiger partial charge in [-0.2, -0.15) is 0 Å². The molecule has 3 heterocycles. The van der Waals surface area contributed by atoms with Crippen LogP contribution in [0.4, 0.5) is 8.78 Å². The maximum Gasteiger partial charge on any atom is 0.234 e. The predicted molar refractivity (Wildman–Crippen MR) is 95.8 cm³/mol. The first-order valence-electron chi connectivity index (χ1n) is 9.73. The highest BCUT2D eigenvalue weighted by atomic mass is 19.2. The Bertz CT molecular complexity index is 792. The number of hydrogen-bond acceptors (Lipinski definition) is 4. The summed E-state index contributed by atoms with van der Waals surface area (Å²) in [5, 5.41) is 0. The van der Waals surface area contributed by atoms with E-state index < -0.39 is 11.6 Å². The van der Waals surface area contributed by atoms with Crippen LogP contribution in [0.15, 0.2) is 18.2 Å². The van der Waals surface area contributed by atoms with E-state index in [0.717, 1.165) is 25.1 Å². The lowest BCUT2D eigenvalue weighted by atomic mass is 10.00. The average Bonchev–Trinajstić information content (AvgIpc) is 3.32. The quantitative estimate of drug-likeness (QED) is 0.688. The number of rotatable bonds is 6. The summed E-state index contributed by atoms with van der Waals surface area (Å²) in [7, 11) is 0. The second kappa shape index (κ2) is 7.58. The van der Waals surface area contributed by atoms with Crippen LogP contribution in [-0.4, -0.2) is 65.1 Å². The molecule has 0 bridgehead atoms. The molecule has 150 valence electrons. The van der Waals surface area contributed by atoms with Crippen molar-refractivity contribution in [3.63, 3.8) is 0 Å². The molecule has 1 aromatic rings. The Kier molecular flexibility index (Phi) is 5.14. The Morgan fingerprint density at radius 1 is 0.964 bits per heavy atom. The standard InChI is InChI=1S/C20H23F2N3O3/c21-16-5-4-13(9-17(16)22)10-23-11-14-15(12-23)20(28)25(19(14)27)8-2-7-24-6-1-3-18(24)26/h4-5,9,14-15H,1-3,6-8,10-12H2/t14-,15+. The van der Waals surface area contributed by atoms with Crippen molar-refractivity contribution >= 4 is 17.7 Å². The summed E-state index contributed by atoms with van der Waals surface area (Å²) >= 11 is 0. The molecule has 28 heavy (non-hydrogen) atoms. The van der Waals surface area contributed by atoms with Crippen molar-refractivity contribution < 1.29 is 23.2 Å². The number of amides is 3. The van der Waals surface area contributed by atoms with Gasteiger partial charge in [0.2, 0.25) is 17.7 Å². The van der Waals surface area contributed by atoms with Gasteiger partial charge in [0.1, 0.15) is 0 Å². The molecule has 3 fully saturated rings. The number of carbonyl (C=O) groups excluding carboxylic acids is 3. The van der Waals surface area contributed by atoms with Gasteiger partial charge in [-0.15, -0.1) is 0 Å². The summed E-state index contributed by atoms with van der Waals surface area (Å²) < 4.78 is 26.4. The molecule has 4 rings (SSSR count). The number of nitrogens with zero attached hydrogens (tertiary/aromatic N) is 3. The third-order valence-electron chi connectivity index (χ3n) is 5.93. The van der Waals surface area contributed by atoms with Crippen LogP contribution in [-0.2, 0) is 20.9 Å². The van der Waals surface area contributed by atoms with Crippen LogP contribution >= 0.6 is 0 Å². The highest BCUT2D eigenvalue weighted by molar-refractivity contribution is 6.05. The summed E-state index contributed by atoms with van der Waals surface area (Å²) in [6.45, 7) is 2.93. The SMILES string of the molecule is O=C1CCCN1CCCN1C(=O)[C@H]2CN(Cc3ccc(F)c(F)c3)C[C@H]2C1=O. The molecular weight excluding hydrogens is 368 g/mol. The van der Waals surface area contributed by atoms with E-state index in [-0.39, 0.29) is 29.6 Å². The highest BCUT2D eigenvalue weighted by Gasteiger charge is 2.51. The molecule has 0 radical (unpaired) electrons. The molecule has 3 aliphatic rings. The number of halogens is 2. The van der Waals surface area contributed by atoms with Crippen LogP contribution < -0.4 is 0 Å². The Morgan fingerprint density at radius 2 is 1.68 bits per heavy atom. The minimum atomic E-state index is -0.897. The van der Waals surface area contributed by atoms with Gasteiger partial charge in [-0.1, -0.05) is 6.07 Å². The van der Waals surface area contributed by atoms with E-state index in [1.165, 1.54) is 11.0 Å². The fraction of sp³-hybridized carbons (Fsp3) is 0.550. The zero-order valence-electron chi connectivity index (χ0n) is 15.6. The smallest absolute Gasteiger partial charge is 0.234 e. The summed E-state index contributed by atoms with van der Waals surface area (Å²) in [6, 6.07) is 3.76. The van der Waals surface area contributed by atoms with Crippen molar-refractivity contribution in [2.24, 2.45) is 11.8 Å². The van der Waals surface area contributed by atoms with E-state index in [9.17, 15) is 23.2 Å². The van der Waals surface area contributed by atoms with Crippen molar-refractivity contribution in [1.82, 2.24) is 14.7 Å². The third kappa shape index (κ3) is 3.53. The number of carbonyl (C=O) groups is 3. The topological polar surface area (TPSA) is 60.9 Å². The van der Waals surface area contributed by atoms with E-state index in [0.29, 0.717) is 51.1 Å². The van der Waals surface area contributed by atoms with Crippen LogP contribution in [0.5, 0.6) is 0 Å². The first-order valence-corrected chi connectivity index (χ1v) is 9.73. The summed E-state index contributed by atoms with van der Waals surface area (Å²) in [6.07, 6.45) is 2.05. The van der Waals surface area contributed by atoms with Gasteiger partial charge in [-0.05, 0) is 30.5 Å². The van der Waals surface area contributed by atoms with Crippen molar-refractivity contribution in [1.29, 1.82) is 0 Å². The Hall–Kier alpha value is -2.35. The van der Waals surface area contributed by atoms with E-state index in [1.807, 2.05) is 4.90 Å². The first-order chi connectivity index (χ1) is 13.4. The molecule has 8 heteroatoms. The molecule has 3 aliphatic heterocycles. The van der Waals surface area contributed by atoms with Gasteiger partial charge in [0.25, 0.3) is 0 Å². The predicted octanol–water partition coefficient (Wildman–Crippen LogP) is 1.39. The Morgan fingerprint density at radius 3 is 2.29 bits per heavy atom. The molecule has 0 N–H and O–H groups in total. The minimum Gasteiger partial charge on any atom is -0.343 e. The summed E-state index contributed by atoms with van der Waals surface area (Å²) in [5.74, 6) is -2.70. The van der Waals surface area contributed by atoms with Gasteiger partial charge in [-0.3, -0.25) is 24.2 Å². The number of benzene rings is 1. The maximum absolute atomic E-state index is 13.4. The largest absolute Gasteiger partial charge is 0.343 e. The fourth-order valence-electron chi connectivity index (χ4n) is 4.50. The monoisotopic (exact) mass is 391 g/mol. The van der Waals surface area contributed by atoms with E-state index in [1.54, 1.807) is 4.90 Å². The van der Waals surface area contributed by atoms with E-state index in [2.05, 4.69) is 0 Å². The molecule has 3 amide bonds. The van der Waals surface area contributed by atoms with Gasteiger partial charge >= 0.3 is 0 Å². The first kappa shape index (κ1) is 19.0. The van der Waals surface area contributed by atoms with Crippen molar-refractivity contribution in [3.8, 4) is 0 Å². The van der Waals surface area contributed by atoms with Crippen LogP contribution in [0.2, 0.25) is 0 Å². The number of likely N-dealkylation sites (tertiary alicyclic amines) is 3. The molecule has 2 atom stereocenters. The Balaban J connectivity index is 1.31. The molecule has 1 aromatic carbocycles. The fourth-order valence-corrected chi connectivity index (χ4v) is 4.50. The summed E-state index contributed by atoms with van der Waals surface area (Å²) in [4.78, 5) is 42.1. The third-order valence-corrected chi connectivity index (χ3v) is 5.93. The van der Waals surface area contributed by atoms with Crippen LogP contribution in [0.3, 0.4) is 0 Å². The molecule has 6 nitrogen and oxygen atoms in total. The molecule has 0 saturated carbocycles. The molecule has 3 saturated heterocycles. The zero-order valence-corrected chi connectivity index (χ0v) is 15.6. The zero-order chi connectivity index (χ0) is 19.8. The number of imide groups is 1. The maximum atomic E-state index is 13.4. The van der Waals surface area contributed by atoms with E-state index >= 15 is 0 Å². The van der Waals surface area contributed by atoms with Gasteiger partial charge in [-0.25, -0.2) is 8.78 Å². The van der Waals surface area contributed by atoms with Crippen LogP contribution in [0, 0.1) is 23.5 Å². The molecule has 0 aliphatic carbocycles. The second-order valence-corrected chi connectivity index (χ2v) is 7.82. The lowest BCUT2D eigenvalue weighted by Crippen LogP contribution is -2.38. The molecular formula is C20H23F2N3O3. The number of hydrogen-bond donors (Lipinski definition) is 0. The van der Waals surface area contributed by atoms with Gasteiger partial charge in [0, 0.05) is 45.7 Å². The van der Waals surface area contributed by atoms with Crippen LogP contribution in [0.1, 0.15) is 24.8 Å². The highest BCUT2D eigenvalue weighted by Crippen LogP contribution is 2.34. The lowest BCUT2D eigenvalue weighted by Gasteiger charge is -2.22. The van der Waals surface area contributed by atoms with Crippen molar-refractivity contribution in [2.45, 2.75) is 25.8 Å². The van der Waals surface area contributed by atoms with E-state index in [4.69, 9.17) is 0 Å².